The van der Waals surface area contributed by atoms with E-state index in [0.29, 0.717) is 10.6 Å². The number of anilines is 1. The van der Waals surface area contributed by atoms with Gasteiger partial charge >= 0.3 is 0 Å². The maximum absolute atomic E-state index is 13.6. The van der Waals surface area contributed by atoms with E-state index in [0.717, 1.165) is 50.6 Å². The smallest absolute Gasteiger partial charge is 0.275 e. The lowest BCUT2D eigenvalue weighted by Gasteiger charge is -2.05. The summed E-state index contributed by atoms with van der Waals surface area (Å²) >= 11 is 1.38. The number of carbonyl (C=O) groups excluding carboxylic acids is 1. The Bertz CT molecular complexity index is 1310. The van der Waals surface area contributed by atoms with Gasteiger partial charge in [0.15, 0.2) is 0 Å². The van der Waals surface area contributed by atoms with Gasteiger partial charge in [0.1, 0.15) is 9.71 Å². The van der Waals surface area contributed by atoms with Crippen molar-refractivity contribution >= 4 is 55.0 Å². The summed E-state index contributed by atoms with van der Waals surface area (Å²) in [6.07, 6.45) is 1.95. The third-order valence-corrected chi connectivity index (χ3v) is 6.24. The maximum Gasteiger partial charge on any atom is 0.275 e. The van der Waals surface area contributed by atoms with Crippen LogP contribution in [-0.4, -0.2) is 15.5 Å². The van der Waals surface area contributed by atoms with Gasteiger partial charge in [0, 0.05) is 21.9 Å². The van der Waals surface area contributed by atoms with Crippen molar-refractivity contribution in [1.82, 2.24) is 9.55 Å². The molecule has 5 heteroatoms. The molecule has 28 heavy (non-hydrogen) atoms. The lowest BCUT2D eigenvalue weighted by atomic mass is 10.2. The molecule has 0 spiro atoms. The zero-order valence-electron chi connectivity index (χ0n) is 15.5. The van der Waals surface area contributed by atoms with Gasteiger partial charge in [-0.1, -0.05) is 49.7 Å². The highest BCUT2D eigenvalue weighted by atomic mass is 32.1. The van der Waals surface area contributed by atoms with Crippen molar-refractivity contribution in [2.24, 2.45) is 0 Å². The van der Waals surface area contributed by atoms with Crippen LogP contribution in [0.15, 0.2) is 60.7 Å². The normalized spacial score (nSPS) is 11.6. The number of aryl methyl sites for hydroxylation is 1. The summed E-state index contributed by atoms with van der Waals surface area (Å²) in [5.74, 6) is -0.102. The summed E-state index contributed by atoms with van der Waals surface area (Å²) in [6.45, 7) is 2.13. The highest BCUT2D eigenvalue weighted by Gasteiger charge is 2.22. The Morgan fingerprint density at radius 1 is 0.964 bits per heavy atom. The summed E-state index contributed by atoms with van der Waals surface area (Å²) in [7, 11) is 0. The monoisotopic (exact) mass is 385 g/mol. The number of para-hydroxylation sites is 2. The van der Waals surface area contributed by atoms with Crippen LogP contribution in [0.1, 0.15) is 28.7 Å². The van der Waals surface area contributed by atoms with E-state index in [2.05, 4.69) is 6.92 Å². The molecule has 138 valence electrons. The molecule has 2 aromatic carbocycles. The average molecular weight is 385 g/mol. The van der Waals surface area contributed by atoms with Crippen LogP contribution in [0.2, 0.25) is 0 Å². The van der Waals surface area contributed by atoms with E-state index >= 15 is 0 Å². The molecule has 0 fully saturated rings. The van der Waals surface area contributed by atoms with Crippen molar-refractivity contribution in [2.75, 3.05) is 5.73 Å². The number of aromatic nitrogens is 2. The Morgan fingerprint density at radius 2 is 1.61 bits per heavy atom. The van der Waals surface area contributed by atoms with Gasteiger partial charge < -0.3 is 5.73 Å². The molecule has 3 aromatic heterocycles. The number of benzene rings is 2. The fourth-order valence-electron chi connectivity index (χ4n) is 3.83. The van der Waals surface area contributed by atoms with Crippen molar-refractivity contribution in [3.63, 3.8) is 0 Å². The SMILES string of the molecule is CCCc1ccc2c(N)c(C(=O)n3c4ccccc4c4ccccc43)sc2n1. The molecule has 5 rings (SSSR count). The maximum atomic E-state index is 13.6. The first-order chi connectivity index (χ1) is 13.7. The Kier molecular flexibility index (Phi) is 3.91. The highest BCUT2D eigenvalue weighted by molar-refractivity contribution is 7.21. The molecular weight excluding hydrogens is 366 g/mol. The van der Waals surface area contributed by atoms with Crippen LogP contribution in [0.5, 0.6) is 0 Å². The summed E-state index contributed by atoms with van der Waals surface area (Å²) in [6, 6.07) is 20.0. The summed E-state index contributed by atoms with van der Waals surface area (Å²) < 4.78 is 1.78. The number of rotatable bonds is 3. The largest absolute Gasteiger partial charge is 0.397 e. The molecule has 0 aliphatic carbocycles. The van der Waals surface area contributed by atoms with Gasteiger partial charge in [-0.15, -0.1) is 11.3 Å². The molecule has 0 unspecified atom stereocenters. The number of carbonyl (C=O) groups is 1. The second kappa shape index (κ2) is 6.46. The molecule has 2 N–H and O–H groups in total. The first kappa shape index (κ1) is 17.0. The van der Waals surface area contributed by atoms with E-state index in [1.165, 1.54) is 11.3 Å². The second-order valence-electron chi connectivity index (χ2n) is 6.93. The minimum atomic E-state index is -0.102. The Morgan fingerprint density at radius 3 is 2.25 bits per heavy atom. The van der Waals surface area contributed by atoms with Crippen LogP contribution in [0.25, 0.3) is 32.0 Å². The molecule has 5 aromatic rings. The number of nitrogens with two attached hydrogens (primary N) is 1. The van der Waals surface area contributed by atoms with Crippen molar-refractivity contribution in [3.8, 4) is 0 Å². The van der Waals surface area contributed by atoms with Crippen LogP contribution in [0.3, 0.4) is 0 Å². The van der Waals surface area contributed by atoms with Crippen LogP contribution in [0, 0.1) is 0 Å². The topological polar surface area (TPSA) is 60.9 Å². The minimum Gasteiger partial charge on any atom is -0.397 e. The average Bonchev–Trinajstić information content (AvgIpc) is 3.23. The number of nitrogens with zero attached hydrogens (tertiary/aromatic N) is 2. The molecule has 0 amide bonds. The molecule has 4 nitrogen and oxygen atoms in total. The Balaban J connectivity index is 1.74. The van der Waals surface area contributed by atoms with Gasteiger partial charge in [-0.3, -0.25) is 9.36 Å². The molecule has 3 heterocycles. The number of hydrogen-bond acceptors (Lipinski definition) is 4. The number of pyridine rings is 1. The van der Waals surface area contributed by atoms with E-state index in [1.807, 2.05) is 60.7 Å². The quantitative estimate of drug-likeness (QED) is 0.438. The van der Waals surface area contributed by atoms with Gasteiger partial charge in [-0.25, -0.2) is 4.98 Å². The van der Waals surface area contributed by atoms with E-state index in [-0.39, 0.29) is 5.91 Å². The molecule has 0 radical (unpaired) electrons. The van der Waals surface area contributed by atoms with E-state index in [9.17, 15) is 4.79 Å². The third-order valence-electron chi connectivity index (χ3n) is 5.14. The molecule has 0 bridgehead atoms. The number of fused-ring (bicyclic) bond motifs is 4. The molecule has 0 atom stereocenters. The zero-order valence-corrected chi connectivity index (χ0v) is 16.3. The van der Waals surface area contributed by atoms with Crippen LogP contribution in [-0.2, 0) is 6.42 Å². The van der Waals surface area contributed by atoms with Crippen LogP contribution < -0.4 is 5.73 Å². The summed E-state index contributed by atoms with van der Waals surface area (Å²) in [5.41, 5.74) is 9.73. The lowest BCUT2D eigenvalue weighted by Crippen LogP contribution is -2.11. The lowest BCUT2D eigenvalue weighted by molar-refractivity contribution is 0.0974. The Hall–Kier alpha value is -3.18. The first-order valence-corrected chi connectivity index (χ1v) is 10.2. The van der Waals surface area contributed by atoms with Crippen LogP contribution >= 0.6 is 11.3 Å². The minimum absolute atomic E-state index is 0.102. The van der Waals surface area contributed by atoms with Crippen molar-refractivity contribution in [3.05, 3.63) is 71.2 Å². The van der Waals surface area contributed by atoms with Gasteiger partial charge in [-0.2, -0.15) is 0 Å². The number of thiophene rings is 1. The van der Waals surface area contributed by atoms with Crippen molar-refractivity contribution < 1.29 is 4.79 Å². The van der Waals surface area contributed by atoms with Crippen LogP contribution in [0.4, 0.5) is 5.69 Å². The highest BCUT2D eigenvalue weighted by Crippen LogP contribution is 2.36. The van der Waals surface area contributed by atoms with Gasteiger partial charge in [-0.05, 0) is 30.7 Å². The van der Waals surface area contributed by atoms with Gasteiger partial charge in [0.2, 0.25) is 0 Å². The zero-order chi connectivity index (χ0) is 19.3. The summed E-state index contributed by atoms with van der Waals surface area (Å²) in [5, 5.41) is 2.98. The van der Waals surface area contributed by atoms with Crippen molar-refractivity contribution in [1.29, 1.82) is 0 Å². The number of hydrogen-bond donors (Lipinski definition) is 1. The van der Waals surface area contributed by atoms with Gasteiger partial charge in [0.25, 0.3) is 5.91 Å². The van der Waals surface area contributed by atoms with E-state index in [1.54, 1.807) is 4.57 Å². The molecule has 0 aliphatic rings. The predicted molar refractivity (Wildman–Crippen MR) is 117 cm³/mol. The molecule has 0 saturated carbocycles. The Labute approximate surface area is 166 Å². The van der Waals surface area contributed by atoms with Gasteiger partial charge in [0.05, 0.1) is 16.7 Å². The predicted octanol–water partition coefficient (Wildman–Crippen LogP) is 5.63. The molecular formula is C23H19N3OS. The standard InChI is InChI=1S/C23H19N3OS/c1-2-7-14-12-13-17-20(24)21(28-22(17)25-14)23(27)26-18-10-5-3-8-15(18)16-9-4-6-11-19(16)26/h3-6,8-13H,2,7,24H2,1H3. The summed E-state index contributed by atoms with van der Waals surface area (Å²) in [4.78, 5) is 19.7. The van der Waals surface area contributed by atoms with Crippen molar-refractivity contribution in [2.45, 2.75) is 19.8 Å². The third kappa shape index (κ3) is 2.43. The van der Waals surface area contributed by atoms with E-state index < -0.39 is 0 Å². The first-order valence-electron chi connectivity index (χ1n) is 9.40. The second-order valence-corrected chi connectivity index (χ2v) is 7.92. The fourth-order valence-corrected chi connectivity index (χ4v) is 4.88. The van der Waals surface area contributed by atoms with E-state index in [4.69, 9.17) is 10.7 Å². The number of nitrogen functional groups attached to an aromatic ring is 1. The molecule has 0 saturated heterocycles. The molecule has 0 aliphatic heterocycles. The fraction of sp³-hybridized carbons (Fsp3) is 0.130.